The van der Waals surface area contributed by atoms with Gasteiger partial charge in [0.05, 0.1) is 10.6 Å². The van der Waals surface area contributed by atoms with Gasteiger partial charge in [-0.3, -0.25) is 0 Å². The van der Waals surface area contributed by atoms with E-state index in [4.69, 9.17) is 0 Å². The number of sulfonamides is 1. The first kappa shape index (κ1) is 23.2. The lowest BCUT2D eigenvalue weighted by Gasteiger charge is -2.46. The van der Waals surface area contributed by atoms with Crippen LogP contribution >= 0.6 is 0 Å². The Bertz CT molecular complexity index is 1200. The molecule has 4 rings (SSSR count). The third-order valence-corrected chi connectivity index (χ3v) is 6.96. The van der Waals surface area contributed by atoms with Gasteiger partial charge in [0.1, 0.15) is 5.82 Å². The Labute approximate surface area is 196 Å². The van der Waals surface area contributed by atoms with Crippen LogP contribution in [0.25, 0.3) is 11.3 Å². The molecule has 0 saturated carbocycles. The monoisotopic (exact) mass is 465 g/mol. The molecule has 0 amide bonds. The number of nitrogens with one attached hydrogen (secondary N) is 3. The van der Waals surface area contributed by atoms with Crippen molar-refractivity contribution in [3.63, 3.8) is 0 Å². The zero-order valence-corrected chi connectivity index (χ0v) is 20.3. The molecule has 0 atom stereocenters. The van der Waals surface area contributed by atoms with E-state index in [1.165, 1.54) is 0 Å². The Morgan fingerprint density at radius 1 is 0.879 bits per heavy atom. The maximum atomic E-state index is 12.9. The van der Waals surface area contributed by atoms with Crippen LogP contribution in [0, 0.1) is 0 Å². The van der Waals surface area contributed by atoms with Gasteiger partial charge < -0.3 is 10.6 Å². The molecule has 7 nitrogen and oxygen atoms in total. The van der Waals surface area contributed by atoms with Crippen molar-refractivity contribution in [3.8, 4) is 11.3 Å². The van der Waals surface area contributed by atoms with E-state index in [9.17, 15) is 8.42 Å². The first-order valence-corrected chi connectivity index (χ1v) is 12.6. The summed E-state index contributed by atoms with van der Waals surface area (Å²) in [4.78, 5) is 9.20. The van der Waals surface area contributed by atoms with Crippen molar-refractivity contribution < 1.29 is 8.42 Å². The quantitative estimate of drug-likeness (QED) is 0.490. The van der Waals surface area contributed by atoms with Crippen molar-refractivity contribution in [2.75, 3.05) is 10.0 Å². The summed E-state index contributed by atoms with van der Waals surface area (Å²) in [5.41, 5.74) is 1.46. The van der Waals surface area contributed by atoms with E-state index >= 15 is 0 Å². The van der Waals surface area contributed by atoms with E-state index in [0.717, 1.165) is 18.4 Å². The third kappa shape index (κ3) is 5.89. The molecule has 0 unspecified atom stereocenters. The smallest absolute Gasteiger partial charge is 0.264 e. The number of benzene rings is 2. The average molecular weight is 466 g/mol. The highest BCUT2D eigenvalue weighted by atomic mass is 32.2. The summed E-state index contributed by atoms with van der Waals surface area (Å²) in [6, 6.07) is 19.9. The van der Waals surface area contributed by atoms with Crippen LogP contribution in [0.1, 0.15) is 40.5 Å². The molecule has 2 heterocycles. The minimum absolute atomic E-state index is 0.0353. The lowest BCUT2D eigenvalue weighted by molar-refractivity contribution is 0.170. The molecular weight excluding hydrogens is 434 g/mol. The Hall–Kier alpha value is -2.97. The number of piperidine rings is 1. The Morgan fingerprint density at radius 2 is 1.45 bits per heavy atom. The molecule has 1 saturated heterocycles. The van der Waals surface area contributed by atoms with Crippen molar-refractivity contribution >= 4 is 21.8 Å². The predicted molar refractivity (Wildman–Crippen MR) is 133 cm³/mol. The summed E-state index contributed by atoms with van der Waals surface area (Å²) >= 11 is 0. The van der Waals surface area contributed by atoms with Crippen LogP contribution in [-0.2, 0) is 10.0 Å². The summed E-state index contributed by atoms with van der Waals surface area (Å²) in [6.45, 7) is 8.77. The number of aromatic nitrogens is 2. The Morgan fingerprint density at radius 3 is 2.06 bits per heavy atom. The Balaban J connectivity index is 1.68. The highest BCUT2D eigenvalue weighted by molar-refractivity contribution is 7.92. The summed E-state index contributed by atoms with van der Waals surface area (Å²) in [6.07, 6.45) is 1.82. The molecule has 3 N–H and O–H groups in total. The maximum absolute atomic E-state index is 12.9. The van der Waals surface area contributed by atoms with E-state index in [1.54, 1.807) is 30.3 Å². The number of anilines is 2. The van der Waals surface area contributed by atoms with Gasteiger partial charge in [0, 0.05) is 28.7 Å². The van der Waals surface area contributed by atoms with Gasteiger partial charge >= 0.3 is 0 Å². The minimum Gasteiger partial charge on any atom is -0.367 e. The van der Waals surface area contributed by atoms with E-state index in [2.05, 4.69) is 53.0 Å². The van der Waals surface area contributed by atoms with Gasteiger partial charge in [0.25, 0.3) is 10.0 Å². The van der Waals surface area contributed by atoms with E-state index < -0.39 is 10.0 Å². The number of hydrogen-bond donors (Lipinski definition) is 3. The van der Waals surface area contributed by atoms with E-state index in [1.807, 2.05) is 36.4 Å². The second-order valence-electron chi connectivity index (χ2n) is 9.89. The molecular formula is C25H31N5O2S. The lowest BCUT2D eigenvalue weighted by atomic mass is 9.79. The molecule has 174 valence electrons. The van der Waals surface area contributed by atoms with Gasteiger partial charge in [-0.15, -0.1) is 0 Å². The fraction of sp³-hybridized carbons (Fsp3) is 0.360. The Kier molecular flexibility index (Phi) is 6.16. The normalized spacial score (nSPS) is 17.9. The molecule has 33 heavy (non-hydrogen) atoms. The fourth-order valence-electron chi connectivity index (χ4n) is 4.74. The molecule has 0 spiro atoms. The van der Waals surface area contributed by atoms with Gasteiger partial charge in [-0.05, 0) is 52.7 Å². The second kappa shape index (κ2) is 8.76. The third-order valence-electron chi connectivity index (χ3n) is 5.62. The zero-order valence-electron chi connectivity index (χ0n) is 19.5. The van der Waals surface area contributed by atoms with Gasteiger partial charge in [0.15, 0.2) is 0 Å². The molecule has 3 aromatic rings. The highest BCUT2D eigenvalue weighted by Gasteiger charge is 2.37. The van der Waals surface area contributed by atoms with Gasteiger partial charge in [-0.25, -0.2) is 18.1 Å². The molecule has 0 radical (unpaired) electrons. The maximum Gasteiger partial charge on any atom is 0.264 e. The summed E-state index contributed by atoms with van der Waals surface area (Å²) in [5, 5.41) is 7.22. The van der Waals surface area contributed by atoms with E-state index in [0.29, 0.717) is 11.5 Å². The van der Waals surface area contributed by atoms with Crippen molar-refractivity contribution in [3.05, 3.63) is 66.7 Å². The SMILES string of the molecule is CC1(C)CC(Nc2cc(-c3ccccc3)nc(NS(=O)(=O)c3ccccc3)n2)CC(C)(C)N1. The summed E-state index contributed by atoms with van der Waals surface area (Å²) < 4.78 is 28.4. The number of nitrogens with zero attached hydrogens (tertiary/aromatic N) is 2. The van der Waals surface area contributed by atoms with Crippen LogP contribution in [0.2, 0.25) is 0 Å². The van der Waals surface area contributed by atoms with Crippen molar-refractivity contribution in [1.29, 1.82) is 0 Å². The van der Waals surface area contributed by atoms with Crippen LogP contribution in [-0.4, -0.2) is 35.5 Å². The predicted octanol–water partition coefficient (Wildman–Crippen LogP) is 4.67. The molecule has 0 bridgehead atoms. The molecule has 1 aromatic heterocycles. The molecule has 1 fully saturated rings. The van der Waals surface area contributed by atoms with Crippen LogP contribution in [0.3, 0.4) is 0 Å². The van der Waals surface area contributed by atoms with E-state index in [-0.39, 0.29) is 28.0 Å². The topological polar surface area (TPSA) is 96.0 Å². The van der Waals surface area contributed by atoms with Crippen molar-refractivity contribution in [2.45, 2.75) is 62.6 Å². The molecule has 2 aromatic carbocycles. The zero-order chi connectivity index (χ0) is 23.7. The number of rotatable bonds is 6. The standard InChI is InChI=1S/C25H31N5O2S/c1-24(2)16-19(17-25(3,4)30-24)26-22-15-21(18-11-7-5-8-12-18)27-23(28-22)29-33(31,32)20-13-9-6-10-14-20/h5-15,19,30H,16-17H2,1-4H3,(H2,26,27,28,29). The van der Waals surface area contributed by atoms with Crippen LogP contribution in [0.4, 0.5) is 11.8 Å². The molecule has 0 aliphatic carbocycles. The van der Waals surface area contributed by atoms with Crippen LogP contribution < -0.4 is 15.4 Å². The van der Waals surface area contributed by atoms with Gasteiger partial charge in [-0.1, -0.05) is 48.5 Å². The van der Waals surface area contributed by atoms with Crippen LogP contribution in [0.15, 0.2) is 71.6 Å². The first-order valence-electron chi connectivity index (χ1n) is 11.1. The van der Waals surface area contributed by atoms with Crippen molar-refractivity contribution in [2.24, 2.45) is 0 Å². The second-order valence-corrected chi connectivity index (χ2v) is 11.6. The lowest BCUT2D eigenvalue weighted by Crippen LogP contribution is -2.60. The fourth-order valence-corrected chi connectivity index (χ4v) is 5.70. The minimum atomic E-state index is -3.81. The largest absolute Gasteiger partial charge is 0.367 e. The molecule has 1 aliphatic rings. The van der Waals surface area contributed by atoms with Gasteiger partial charge in [-0.2, -0.15) is 4.98 Å². The highest BCUT2D eigenvalue weighted by Crippen LogP contribution is 2.31. The first-order chi connectivity index (χ1) is 15.5. The van der Waals surface area contributed by atoms with Gasteiger partial charge in [0.2, 0.25) is 5.95 Å². The van der Waals surface area contributed by atoms with Crippen LogP contribution in [0.5, 0.6) is 0 Å². The van der Waals surface area contributed by atoms with Crippen molar-refractivity contribution in [1.82, 2.24) is 15.3 Å². The summed E-state index contributed by atoms with van der Waals surface area (Å²) in [5.74, 6) is 0.628. The molecule has 1 aliphatic heterocycles. The number of hydrogen-bond acceptors (Lipinski definition) is 6. The molecule has 8 heteroatoms. The average Bonchev–Trinajstić information content (AvgIpc) is 2.72. The summed E-state index contributed by atoms with van der Waals surface area (Å²) in [7, 11) is -3.81.